The van der Waals surface area contributed by atoms with Crippen molar-refractivity contribution in [1.29, 1.82) is 0 Å². The van der Waals surface area contributed by atoms with Gasteiger partial charge < -0.3 is 14.8 Å². The number of benzene rings is 4. The molecule has 1 unspecified atom stereocenters. The Morgan fingerprint density at radius 2 is 1.69 bits per heavy atom. The Labute approximate surface area is 214 Å². The van der Waals surface area contributed by atoms with Crippen LogP contribution in [-0.4, -0.2) is 40.1 Å². The Balaban J connectivity index is 1.26. The fraction of sp³-hybridized carbons (Fsp3) is 0.148. The lowest BCUT2D eigenvalue weighted by Crippen LogP contribution is -2.51. The molecule has 0 aliphatic carbocycles. The van der Waals surface area contributed by atoms with Gasteiger partial charge in [-0.3, -0.25) is 9.10 Å². The summed E-state index contributed by atoms with van der Waals surface area (Å²) in [7, 11) is -3.95. The summed E-state index contributed by atoms with van der Waals surface area (Å²) in [5, 5.41) is 5.39. The third-order valence-corrected chi connectivity index (χ3v) is 7.87. The first-order valence-electron chi connectivity index (χ1n) is 11.4. The Kier molecular flexibility index (Phi) is 6.71. The van der Waals surface area contributed by atoms with Gasteiger partial charge in [0.25, 0.3) is 15.9 Å². The van der Waals surface area contributed by atoms with Crippen molar-refractivity contribution in [3.05, 3.63) is 96.0 Å². The van der Waals surface area contributed by atoms with Crippen LogP contribution in [0.2, 0.25) is 5.02 Å². The molecule has 1 atom stereocenters. The highest BCUT2D eigenvalue weighted by atomic mass is 35.5. The number of ether oxygens (including phenoxy) is 2. The number of sulfonamides is 1. The van der Waals surface area contributed by atoms with Crippen molar-refractivity contribution in [1.82, 2.24) is 5.32 Å². The van der Waals surface area contributed by atoms with E-state index >= 15 is 0 Å². The highest BCUT2D eigenvalue weighted by Gasteiger charge is 2.37. The SMILES string of the molecule is O=C(NCCOc1ccc2ccccc2c1)C1CN(S(=O)(=O)c2ccc(Cl)cc2)c2ccccc2O1. The molecule has 184 valence electrons. The summed E-state index contributed by atoms with van der Waals surface area (Å²) < 4.78 is 39.7. The Hall–Kier alpha value is -3.75. The molecule has 1 amide bonds. The lowest BCUT2D eigenvalue weighted by molar-refractivity contribution is -0.127. The monoisotopic (exact) mass is 522 g/mol. The van der Waals surface area contributed by atoms with Crippen LogP contribution in [0.4, 0.5) is 5.69 Å². The normalized spacial score (nSPS) is 15.1. The van der Waals surface area contributed by atoms with Crippen LogP contribution in [0.25, 0.3) is 10.8 Å². The van der Waals surface area contributed by atoms with Gasteiger partial charge in [0, 0.05) is 5.02 Å². The van der Waals surface area contributed by atoms with Crippen LogP contribution in [0.3, 0.4) is 0 Å². The largest absolute Gasteiger partial charge is 0.492 e. The van der Waals surface area contributed by atoms with E-state index in [1.165, 1.54) is 28.6 Å². The molecule has 5 rings (SSSR count). The van der Waals surface area contributed by atoms with Gasteiger partial charge in [-0.2, -0.15) is 0 Å². The molecule has 0 radical (unpaired) electrons. The van der Waals surface area contributed by atoms with E-state index in [-0.39, 0.29) is 24.6 Å². The molecule has 9 heteroatoms. The number of rotatable bonds is 7. The zero-order valence-corrected chi connectivity index (χ0v) is 20.7. The predicted octanol–water partition coefficient (Wildman–Crippen LogP) is 4.64. The van der Waals surface area contributed by atoms with Crippen LogP contribution < -0.4 is 19.1 Å². The summed E-state index contributed by atoms with van der Waals surface area (Å²) in [5.74, 6) is 0.586. The number of fused-ring (bicyclic) bond motifs is 2. The van der Waals surface area contributed by atoms with Gasteiger partial charge in [0.05, 0.1) is 23.7 Å². The molecule has 1 aliphatic rings. The van der Waals surface area contributed by atoms with Gasteiger partial charge in [0.2, 0.25) is 0 Å². The van der Waals surface area contributed by atoms with Crippen LogP contribution in [0, 0.1) is 0 Å². The molecule has 36 heavy (non-hydrogen) atoms. The molecule has 0 saturated heterocycles. The van der Waals surface area contributed by atoms with Crippen molar-refractivity contribution in [2.75, 3.05) is 24.0 Å². The Morgan fingerprint density at radius 1 is 0.972 bits per heavy atom. The minimum atomic E-state index is -3.95. The van der Waals surface area contributed by atoms with Crippen LogP contribution in [-0.2, 0) is 14.8 Å². The van der Waals surface area contributed by atoms with E-state index in [1.54, 1.807) is 24.3 Å². The maximum Gasteiger partial charge on any atom is 0.264 e. The van der Waals surface area contributed by atoms with E-state index in [1.807, 2.05) is 42.5 Å². The van der Waals surface area contributed by atoms with Crippen molar-refractivity contribution >= 4 is 44.0 Å². The number of carbonyl (C=O) groups is 1. The number of amides is 1. The number of nitrogens with zero attached hydrogens (tertiary/aromatic N) is 1. The number of nitrogens with one attached hydrogen (secondary N) is 1. The molecule has 0 aromatic heterocycles. The summed E-state index contributed by atoms with van der Waals surface area (Å²) in [5.41, 5.74) is 0.371. The van der Waals surface area contributed by atoms with Gasteiger partial charge in [0.1, 0.15) is 18.1 Å². The molecule has 7 nitrogen and oxygen atoms in total. The Bertz CT molecular complexity index is 1510. The van der Waals surface area contributed by atoms with Crippen molar-refractivity contribution in [3.63, 3.8) is 0 Å². The second-order valence-corrected chi connectivity index (χ2v) is 10.5. The van der Waals surface area contributed by atoms with Gasteiger partial charge in [0.15, 0.2) is 6.10 Å². The van der Waals surface area contributed by atoms with Gasteiger partial charge in [-0.05, 0) is 59.3 Å². The van der Waals surface area contributed by atoms with E-state index in [9.17, 15) is 13.2 Å². The predicted molar refractivity (Wildman–Crippen MR) is 139 cm³/mol. The van der Waals surface area contributed by atoms with Crippen LogP contribution in [0.15, 0.2) is 95.9 Å². The number of hydrogen-bond acceptors (Lipinski definition) is 5. The Morgan fingerprint density at radius 3 is 2.50 bits per heavy atom. The minimum absolute atomic E-state index is 0.0755. The molecular formula is C27H23ClN2O5S. The molecule has 4 aromatic rings. The smallest absolute Gasteiger partial charge is 0.264 e. The van der Waals surface area contributed by atoms with Gasteiger partial charge >= 0.3 is 0 Å². The fourth-order valence-corrected chi connectivity index (χ4v) is 5.62. The van der Waals surface area contributed by atoms with Gasteiger partial charge in [-0.25, -0.2) is 8.42 Å². The van der Waals surface area contributed by atoms with E-state index < -0.39 is 22.0 Å². The number of carbonyl (C=O) groups excluding carboxylic acids is 1. The number of hydrogen-bond donors (Lipinski definition) is 1. The van der Waals surface area contributed by atoms with Gasteiger partial charge in [-0.15, -0.1) is 0 Å². The number of halogens is 1. The van der Waals surface area contributed by atoms with E-state index in [0.717, 1.165) is 10.8 Å². The topological polar surface area (TPSA) is 84.9 Å². The maximum absolute atomic E-state index is 13.4. The van der Waals surface area contributed by atoms with Crippen molar-refractivity contribution in [2.45, 2.75) is 11.0 Å². The third kappa shape index (κ3) is 4.96. The average Bonchev–Trinajstić information content (AvgIpc) is 2.90. The fourth-order valence-electron chi connectivity index (χ4n) is 4.01. The summed E-state index contributed by atoms with van der Waals surface area (Å²) in [6.45, 7) is 0.316. The van der Waals surface area contributed by atoms with Gasteiger partial charge in [-0.1, -0.05) is 54.1 Å². The molecule has 0 bridgehead atoms. The second-order valence-electron chi connectivity index (χ2n) is 8.21. The number of para-hydroxylation sites is 2. The standard InChI is InChI=1S/C27H23ClN2O5S/c28-21-10-13-23(14-11-21)36(32,33)30-18-26(35-25-8-4-3-7-24(25)30)27(31)29-15-16-34-22-12-9-19-5-1-2-6-20(19)17-22/h1-14,17,26H,15-16,18H2,(H,29,31). The molecule has 4 aromatic carbocycles. The summed E-state index contributed by atoms with van der Waals surface area (Å²) >= 11 is 5.93. The molecule has 0 fully saturated rings. The summed E-state index contributed by atoms with van der Waals surface area (Å²) in [4.78, 5) is 13.0. The highest BCUT2D eigenvalue weighted by Crippen LogP contribution is 2.37. The molecule has 1 N–H and O–H groups in total. The zero-order chi connectivity index (χ0) is 25.1. The minimum Gasteiger partial charge on any atom is -0.492 e. The lowest BCUT2D eigenvalue weighted by Gasteiger charge is -2.34. The second kappa shape index (κ2) is 10.1. The first kappa shape index (κ1) is 24.0. The van der Waals surface area contributed by atoms with Crippen molar-refractivity contribution < 1.29 is 22.7 Å². The molecular weight excluding hydrogens is 500 g/mol. The van der Waals surface area contributed by atoms with Crippen LogP contribution in [0.5, 0.6) is 11.5 Å². The van der Waals surface area contributed by atoms with Crippen molar-refractivity contribution in [2.24, 2.45) is 0 Å². The van der Waals surface area contributed by atoms with E-state index in [0.29, 0.717) is 22.2 Å². The lowest BCUT2D eigenvalue weighted by atomic mass is 10.1. The molecule has 0 spiro atoms. The van der Waals surface area contributed by atoms with Crippen LogP contribution in [0.1, 0.15) is 0 Å². The van der Waals surface area contributed by atoms with Crippen LogP contribution >= 0.6 is 11.6 Å². The summed E-state index contributed by atoms with van der Waals surface area (Å²) in [6, 6.07) is 26.4. The third-order valence-electron chi connectivity index (χ3n) is 5.82. The molecule has 1 heterocycles. The van der Waals surface area contributed by atoms with Crippen molar-refractivity contribution in [3.8, 4) is 11.5 Å². The zero-order valence-electron chi connectivity index (χ0n) is 19.1. The van der Waals surface area contributed by atoms with E-state index in [4.69, 9.17) is 21.1 Å². The first-order valence-corrected chi connectivity index (χ1v) is 13.2. The van der Waals surface area contributed by atoms with E-state index in [2.05, 4.69) is 5.32 Å². The first-order chi connectivity index (χ1) is 17.4. The molecule has 1 aliphatic heterocycles. The quantitative estimate of drug-likeness (QED) is 0.357. The highest BCUT2D eigenvalue weighted by molar-refractivity contribution is 7.92. The number of anilines is 1. The summed E-state index contributed by atoms with van der Waals surface area (Å²) in [6.07, 6.45) is -1.03. The average molecular weight is 523 g/mol. The molecule has 0 saturated carbocycles. The maximum atomic E-state index is 13.4.